The molecular weight excluding hydrogens is 230 g/mol. The van der Waals surface area contributed by atoms with Crippen LogP contribution in [0.25, 0.3) is 20.8 Å². The fraction of sp³-hybridized carbons (Fsp3) is 0.143. The van der Waals surface area contributed by atoms with Gasteiger partial charge < -0.3 is 0 Å². The average Bonchev–Trinajstić information content (AvgIpc) is 2.35. The predicted molar refractivity (Wildman–Crippen MR) is 71.9 cm³/mol. The van der Waals surface area contributed by atoms with Gasteiger partial charge in [-0.3, -0.25) is 4.79 Å². The van der Waals surface area contributed by atoms with Gasteiger partial charge in [0.25, 0.3) is 0 Å². The zero-order valence-electron chi connectivity index (χ0n) is 9.43. The Morgan fingerprint density at radius 2 is 2.06 bits per heavy atom. The molecule has 0 unspecified atom stereocenters. The Morgan fingerprint density at radius 3 is 2.88 bits per heavy atom. The minimum Gasteiger partial charge on any atom is -0.290 e. The summed E-state index contributed by atoms with van der Waals surface area (Å²) in [5, 5.41) is 0. The van der Waals surface area contributed by atoms with Crippen LogP contribution in [0, 0.1) is 0 Å². The number of hydrogen-bond donors (Lipinski definition) is 0. The Labute approximate surface area is 103 Å². The summed E-state index contributed by atoms with van der Waals surface area (Å²) in [6.45, 7) is 1.99. The normalized spacial score (nSPS) is 11.1. The van der Waals surface area contributed by atoms with E-state index in [4.69, 9.17) is 0 Å². The molecule has 17 heavy (non-hydrogen) atoms. The van der Waals surface area contributed by atoms with Gasteiger partial charge in [-0.25, -0.2) is 4.98 Å². The van der Waals surface area contributed by atoms with Crippen LogP contribution in [0.4, 0.5) is 0 Å². The SMILES string of the molecule is CCc1cc2nc3ccccc3sc-2cc1=O. The lowest BCUT2D eigenvalue weighted by Gasteiger charge is -2.06. The van der Waals surface area contributed by atoms with E-state index in [9.17, 15) is 4.79 Å². The first kappa shape index (κ1) is 10.4. The number of aromatic nitrogens is 1. The van der Waals surface area contributed by atoms with E-state index >= 15 is 0 Å². The van der Waals surface area contributed by atoms with Crippen LogP contribution >= 0.6 is 11.3 Å². The Kier molecular flexibility index (Phi) is 2.41. The third-order valence-electron chi connectivity index (χ3n) is 2.85. The smallest absolute Gasteiger partial charge is 0.183 e. The highest BCUT2D eigenvalue weighted by Gasteiger charge is 2.09. The second-order valence-corrected chi connectivity index (χ2v) is 5.05. The largest absolute Gasteiger partial charge is 0.290 e. The third kappa shape index (κ3) is 1.72. The molecule has 1 aromatic rings. The number of benzene rings is 2. The number of fused-ring (bicyclic) bond motifs is 2. The molecule has 3 heteroatoms. The molecule has 1 aliphatic heterocycles. The zero-order valence-corrected chi connectivity index (χ0v) is 10.3. The molecule has 84 valence electrons. The maximum Gasteiger partial charge on any atom is 0.183 e. The minimum absolute atomic E-state index is 0.119. The number of rotatable bonds is 1. The van der Waals surface area contributed by atoms with Crippen molar-refractivity contribution in [2.75, 3.05) is 0 Å². The van der Waals surface area contributed by atoms with Gasteiger partial charge >= 0.3 is 0 Å². The van der Waals surface area contributed by atoms with E-state index < -0.39 is 0 Å². The summed E-state index contributed by atoms with van der Waals surface area (Å²) in [6.07, 6.45) is 0.758. The van der Waals surface area contributed by atoms with Crippen molar-refractivity contribution < 1.29 is 0 Å². The molecule has 0 saturated carbocycles. The predicted octanol–water partition coefficient (Wildman–Crippen LogP) is 3.32. The maximum absolute atomic E-state index is 11.8. The lowest BCUT2D eigenvalue weighted by Crippen LogP contribution is -2.07. The van der Waals surface area contributed by atoms with Crippen LogP contribution in [0.3, 0.4) is 0 Å². The topological polar surface area (TPSA) is 30.0 Å². The quantitative estimate of drug-likeness (QED) is 0.612. The molecule has 1 aromatic carbocycles. The van der Waals surface area contributed by atoms with Crippen molar-refractivity contribution in [3.63, 3.8) is 0 Å². The molecule has 0 bridgehead atoms. The van der Waals surface area contributed by atoms with Crippen LogP contribution in [0.5, 0.6) is 0 Å². The average molecular weight is 241 g/mol. The molecule has 3 rings (SSSR count). The monoisotopic (exact) mass is 241 g/mol. The van der Waals surface area contributed by atoms with Crippen LogP contribution in [-0.2, 0) is 6.42 Å². The van der Waals surface area contributed by atoms with E-state index in [1.54, 1.807) is 17.4 Å². The molecule has 0 N–H and O–H groups in total. The fourth-order valence-corrected chi connectivity index (χ4v) is 2.90. The van der Waals surface area contributed by atoms with Gasteiger partial charge in [0, 0.05) is 11.6 Å². The molecule has 0 atom stereocenters. The van der Waals surface area contributed by atoms with Gasteiger partial charge in [-0.05, 0) is 24.6 Å². The first-order chi connectivity index (χ1) is 8.28. The van der Waals surface area contributed by atoms with Gasteiger partial charge in [-0.2, -0.15) is 0 Å². The zero-order chi connectivity index (χ0) is 11.8. The Hall–Kier alpha value is -1.74. The summed E-state index contributed by atoms with van der Waals surface area (Å²) in [7, 11) is 0. The number of nitrogens with zero attached hydrogens (tertiary/aromatic N) is 1. The van der Waals surface area contributed by atoms with Crippen LogP contribution in [0.15, 0.2) is 41.2 Å². The second kappa shape index (κ2) is 3.93. The summed E-state index contributed by atoms with van der Waals surface area (Å²) < 4.78 is 1.11. The lowest BCUT2D eigenvalue weighted by atomic mass is 10.1. The summed E-state index contributed by atoms with van der Waals surface area (Å²) >= 11 is 1.62. The first-order valence-corrected chi connectivity index (χ1v) is 6.42. The van der Waals surface area contributed by atoms with E-state index in [-0.39, 0.29) is 5.43 Å². The maximum atomic E-state index is 11.8. The number of hydrogen-bond acceptors (Lipinski definition) is 3. The van der Waals surface area contributed by atoms with Crippen molar-refractivity contribution >= 4 is 21.6 Å². The van der Waals surface area contributed by atoms with Crippen LogP contribution in [-0.4, -0.2) is 4.98 Å². The fourth-order valence-electron chi connectivity index (χ4n) is 1.92. The van der Waals surface area contributed by atoms with Crippen molar-refractivity contribution in [2.24, 2.45) is 0 Å². The Balaban J connectivity index is 2.41. The van der Waals surface area contributed by atoms with Gasteiger partial charge in [0.15, 0.2) is 5.43 Å². The van der Waals surface area contributed by atoms with Gasteiger partial charge in [0.1, 0.15) is 0 Å². The van der Waals surface area contributed by atoms with Crippen molar-refractivity contribution in [2.45, 2.75) is 13.3 Å². The standard InChI is InChI=1S/C14H11NOS/c1-2-9-7-11-14(8-12(9)16)17-13-6-4-3-5-10(13)15-11/h3-8H,2H2,1H3. The van der Waals surface area contributed by atoms with Crippen LogP contribution < -0.4 is 5.43 Å². The number of para-hydroxylation sites is 1. The molecule has 0 spiro atoms. The molecule has 0 amide bonds. The summed E-state index contributed by atoms with van der Waals surface area (Å²) in [6, 6.07) is 11.6. The highest BCUT2D eigenvalue weighted by molar-refractivity contribution is 7.21. The van der Waals surface area contributed by atoms with Crippen molar-refractivity contribution in [1.82, 2.24) is 4.98 Å². The van der Waals surface area contributed by atoms with Crippen molar-refractivity contribution in [3.8, 4) is 10.6 Å². The summed E-state index contributed by atoms with van der Waals surface area (Å²) in [4.78, 5) is 17.3. The van der Waals surface area contributed by atoms with Gasteiger partial charge in [-0.1, -0.05) is 19.1 Å². The lowest BCUT2D eigenvalue weighted by molar-refractivity contribution is 1.11. The number of aryl methyl sites for hydroxylation is 1. The molecule has 0 aromatic heterocycles. The van der Waals surface area contributed by atoms with E-state index in [1.807, 2.05) is 37.3 Å². The second-order valence-electron chi connectivity index (χ2n) is 3.96. The van der Waals surface area contributed by atoms with E-state index in [1.165, 1.54) is 0 Å². The highest BCUT2D eigenvalue weighted by atomic mass is 32.1. The molecule has 0 saturated heterocycles. The first-order valence-electron chi connectivity index (χ1n) is 5.60. The highest BCUT2D eigenvalue weighted by Crippen LogP contribution is 2.29. The van der Waals surface area contributed by atoms with Crippen molar-refractivity contribution in [1.29, 1.82) is 0 Å². The van der Waals surface area contributed by atoms with Crippen LogP contribution in [0.2, 0.25) is 0 Å². The molecular formula is C14H11NOS. The van der Waals surface area contributed by atoms with E-state index in [2.05, 4.69) is 4.98 Å². The summed E-state index contributed by atoms with van der Waals surface area (Å²) in [5.74, 6) is 0. The Bertz CT molecular complexity index is 717. The van der Waals surface area contributed by atoms with Gasteiger partial charge in [0.2, 0.25) is 0 Å². The molecule has 2 nitrogen and oxygen atoms in total. The molecule has 2 aliphatic rings. The van der Waals surface area contributed by atoms with Gasteiger partial charge in [0.05, 0.1) is 20.8 Å². The van der Waals surface area contributed by atoms with Gasteiger partial charge in [-0.15, -0.1) is 11.3 Å². The molecule has 1 aliphatic carbocycles. The molecule has 1 heterocycles. The van der Waals surface area contributed by atoms with E-state index in [0.717, 1.165) is 32.8 Å². The van der Waals surface area contributed by atoms with Crippen molar-refractivity contribution in [3.05, 3.63) is 52.2 Å². The third-order valence-corrected chi connectivity index (χ3v) is 3.96. The van der Waals surface area contributed by atoms with Crippen LogP contribution in [0.1, 0.15) is 12.5 Å². The van der Waals surface area contributed by atoms with E-state index in [0.29, 0.717) is 0 Å². The molecule has 0 fully saturated rings. The Morgan fingerprint density at radius 1 is 1.24 bits per heavy atom. The summed E-state index contributed by atoms with van der Waals surface area (Å²) in [5.41, 5.74) is 2.87. The minimum atomic E-state index is 0.119. The molecule has 0 radical (unpaired) electrons.